The van der Waals surface area contributed by atoms with Crippen molar-refractivity contribution in [1.29, 1.82) is 0 Å². The topological polar surface area (TPSA) is 96.7 Å². The molecular formula is C11H13N5O2. The van der Waals surface area contributed by atoms with Crippen LogP contribution in [0.4, 0.5) is 6.01 Å². The normalized spacial score (nSPS) is 14.8. The molecule has 0 aromatic carbocycles. The van der Waals surface area contributed by atoms with Crippen LogP contribution in [0.15, 0.2) is 4.42 Å². The van der Waals surface area contributed by atoms with E-state index >= 15 is 0 Å². The zero-order valence-electron chi connectivity index (χ0n) is 10.1. The minimum atomic E-state index is -0.287. The Hall–Kier alpha value is -2.18. The quantitative estimate of drug-likeness (QED) is 0.857. The number of rotatable bonds is 3. The van der Waals surface area contributed by atoms with E-state index in [2.05, 4.69) is 25.7 Å². The fourth-order valence-electron chi connectivity index (χ4n) is 1.83. The molecule has 2 heterocycles. The Kier molecular flexibility index (Phi) is 2.39. The van der Waals surface area contributed by atoms with Gasteiger partial charge < -0.3 is 4.42 Å². The van der Waals surface area contributed by atoms with Crippen LogP contribution in [0.1, 0.15) is 46.4 Å². The van der Waals surface area contributed by atoms with Crippen LogP contribution in [-0.4, -0.2) is 26.3 Å². The first-order chi connectivity index (χ1) is 8.65. The van der Waals surface area contributed by atoms with Crippen LogP contribution in [-0.2, 0) is 0 Å². The Morgan fingerprint density at radius 3 is 2.78 bits per heavy atom. The van der Waals surface area contributed by atoms with Gasteiger partial charge in [-0.25, -0.2) is 0 Å². The van der Waals surface area contributed by atoms with Crippen molar-refractivity contribution in [2.24, 2.45) is 0 Å². The summed E-state index contributed by atoms with van der Waals surface area (Å²) in [5, 5.41) is 17.0. The van der Waals surface area contributed by atoms with E-state index in [1.165, 1.54) is 0 Å². The molecule has 0 bridgehead atoms. The number of carbonyl (C=O) groups excluding carboxylic acids is 1. The fourth-order valence-corrected chi connectivity index (χ4v) is 1.83. The van der Waals surface area contributed by atoms with Gasteiger partial charge in [0.2, 0.25) is 5.89 Å². The predicted molar refractivity (Wildman–Crippen MR) is 62.3 cm³/mol. The van der Waals surface area contributed by atoms with E-state index in [0.29, 0.717) is 28.8 Å². The zero-order valence-corrected chi connectivity index (χ0v) is 10.1. The van der Waals surface area contributed by atoms with Crippen LogP contribution in [0.25, 0.3) is 0 Å². The lowest BCUT2D eigenvalue weighted by atomic mass is 10.2. The SMILES string of the molecule is Cc1n[nH]c(C)c1C(=O)Nc1nnc(C2CC2)o1. The molecule has 7 nitrogen and oxygen atoms in total. The molecule has 0 saturated heterocycles. The van der Waals surface area contributed by atoms with Crippen LogP contribution in [0.3, 0.4) is 0 Å². The molecule has 2 aromatic rings. The molecular weight excluding hydrogens is 234 g/mol. The summed E-state index contributed by atoms with van der Waals surface area (Å²) in [6.07, 6.45) is 2.16. The minimum absolute atomic E-state index is 0.141. The van der Waals surface area contributed by atoms with Crippen molar-refractivity contribution < 1.29 is 9.21 Å². The van der Waals surface area contributed by atoms with Crippen LogP contribution in [0.2, 0.25) is 0 Å². The largest absolute Gasteiger partial charge is 0.408 e. The second kappa shape index (κ2) is 3.94. The summed E-state index contributed by atoms with van der Waals surface area (Å²) >= 11 is 0. The third kappa shape index (κ3) is 1.87. The van der Waals surface area contributed by atoms with Crippen LogP contribution >= 0.6 is 0 Å². The van der Waals surface area contributed by atoms with Gasteiger partial charge in [-0.05, 0) is 26.7 Å². The smallest absolute Gasteiger partial charge is 0.322 e. The molecule has 2 aromatic heterocycles. The zero-order chi connectivity index (χ0) is 12.7. The summed E-state index contributed by atoms with van der Waals surface area (Å²) < 4.78 is 5.37. The van der Waals surface area contributed by atoms with Crippen LogP contribution in [0.5, 0.6) is 0 Å². The highest BCUT2D eigenvalue weighted by Gasteiger charge is 2.29. The van der Waals surface area contributed by atoms with Gasteiger partial charge in [-0.1, -0.05) is 5.10 Å². The number of nitrogens with one attached hydrogen (secondary N) is 2. The van der Waals surface area contributed by atoms with E-state index in [1.54, 1.807) is 13.8 Å². The van der Waals surface area contributed by atoms with E-state index in [9.17, 15) is 4.79 Å². The van der Waals surface area contributed by atoms with Crippen molar-refractivity contribution in [3.63, 3.8) is 0 Å². The average Bonchev–Trinajstić information content (AvgIpc) is 2.99. The molecule has 0 radical (unpaired) electrons. The van der Waals surface area contributed by atoms with Gasteiger partial charge in [0.05, 0.1) is 11.3 Å². The number of amides is 1. The number of H-pyrrole nitrogens is 1. The molecule has 3 rings (SSSR count). The second-order valence-corrected chi connectivity index (χ2v) is 4.48. The Labute approximate surface area is 103 Å². The van der Waals surface area contributed by atoms with E-state index < -0.39 is 0 Å². The van der Waals surface area contributed by atoms with E-state index in [0.717, 1.165) is 12.8 Å². The molecule has 1 saturated carbocycles. The summed E-state index contributed by atoms with van der Waals surface area (Å²) in [5.74, 6) is 0.691. The monoisotopic (exact) mass is 247 g/mol. The molecule has 1 amide bonds. The van der Waals surface area contributed by atoms with Gasteiger partial charge in [0.15, 0.2) is 0 Å². The van der Waals surface area contributed by atoms with Gasteiger partial charge in [0.25, 0.3) is 5.91 Å². The van der Waals surface area contributed by atoms with Gasteiger partial charge in [0.1, 0.15) is 0 Å². The summed E-state index contributed by atoms with van der Waals surface area (Å²) in [7, 11) is 0. The lowest BCUT2D eigenvalue weighted by Crippen LogP contribution is -2.13. The lowest BCUT2D eigenvalue weighted by Gasteiger charge is -1.99. The van der Waals surface area contributed by atoms with Gasteiger partial charge in [-0.15, -0.1) is 5.10 Å². The fraction of sp³-hybridized carbons (Fsp3) is 0.455. The Bertz CT molecular complexity index is 577. The molecule has 18 heavy (non-hydrogen) atoms. The van der Waals surface area contributed by atoms with Crippen molar-refractivity contribution >= 4 is 11.9 Å². The van der Waals surface area contributed by atoms with Gasteiger partial charge in [-0.2, -0.15) is 5.10 Å². The maximum atomic E-state index is 12.0. The highest BCUT2D eigenvalue weighted by molar-refractivity contribution is 6.04. The first kappa shape index (κ1) is 10.9. The number of carbonyl (C=O) groups is 1. The molecule has 2 N–H and O–H groups in total. The van der Waals surface area contributed by atoms with Crippen molar-refractivity contribution in [3.05, 3.63) is 22.8 Å². The lowest BCUT2D eigenvalue weighted by molar-refractivity contribution is 0.102. The summed E-state index contributed by atoms with van der Waals surface area (Å²) in [5.41, 5.74) is 1.88. The van der Waals surface area contributed by atoms with E-state index in [1.807, 2.05) is 0 Å². The molecule has 1 fully saturated rings. The molecule has 1 aliphatic rings. The van der Waals surface area contributed by atoms with Crippen molar-refractivity contribution in [2.75, 3.05) is 5.32 Å². The third-order valence-electron chi connectivity index (χ3n) is 2.94. The van der Waals surface area contributed by atoms with Gasteiger partial charge in [0, 0.05) is 11.6 Å². The molecule has 94 valence electrons. The maximum absolute atomic E-state index is 12.0. The summed E-state index contributed by atoms with van der Waals surface area (Å²) in [6.45, 7) is 3.56. The Balaban J connectivity index is 1.77. The molecule has 0 spiro atoms. The van der Waals surface area contributed by atoms with Crippen LogP contribution < -0.4 is 5.32 Å². The number of nitrogens with zero attached hydrogens (tertiary/aromatic N) is 3. The number of aryl methyl sites for hydroxylation is 2. The van der Waals surface area contributed by atoms with Crippen molar-refractivity contribution in [2.45, 2.75) is 32.6 Å². The van der Waals surface area contributed by atoms with Crippen molar-refractivity contribution in [3.8, 4) is 0 Å². The molecule has 7 heteroatoms. The van der Waals surface area contributed by atoms with E-state index in [4.69, 9.17) is 4.42 Å². The van der Waals surface area contributed by atoms with Crippen LogP contribution in [0, 0.1) is 13.8 Å². The number of hydrogen-bond donors (Lipinski definition) is 2. The highest BCUT2D eigenvalue weighted by Crippen LogP contribution is 2.39. The summed E-state index contributed by atoms with van der Waals surface area (Å²) in [4.78, 5) is 12.0. The first-order valence-electron chi connectivity index (χ1n) is 5.81. The molecule has 0 atom stereocenters. The Morgan fingerprint density at radius 2 is 2.17 bits per heavy atom. The summed E-state index contributed by atoms with van der Waals surface area (Å²) in [6, 6.07) is 0.141. The standard InChI is InChI=1S/C11H13N5O2/c1-5-8(6(2)14-13-5)9(17)12-11-16-15-10(18-11)7-3-4-7/h7H,3-4H2,1-2H3,(H,13,14)(H,12,16,17). The average molecular weight is 247 g/mol. The Morgan fingerprint density at radius 1 is 1.39 bits per heavy atom. The number of anilines is 1. The van der Waals surface area contributed by atoms with Gasteiger partial charge >= 0.3 is 6.01 Å². The molecule has 0 unspecified atom stereocenters. The molecule has 0 aliphatic heterocycles. The second-order valence-electron chi connectivity index (χ2n) is 4.48. The van der Waals surface area contributed by atoms with Crippen molar-refractivity contribution in [1.82, 2.24) is 20.4 Å². The minimum Gasteiger partial charge on any atom is -0.408 e. The number of aromatic nitrogens is 4. The first-order valence-corrected chi connectivity index (χ1v) is 5.81. The maximum Gasteiger partial charge on any atom is 0.322 e. The predicted octanol–water partition coefficient (Wildman–Crippen LogP) is 1.54. The molecule has 1 aliphatic carbocycles. The van der Waals surface area contributed by atoms with Gasteiger partial charge in [-0.3, -0.25) is 15.2 Å². The highest BCUT2D eigenvalue weighted by atomic mass is 16.4. The third-order valence-corrected chi connectivity index (χ3v) is 2.94. The number of aromatic amines is 1. The number of hydrogen-bond acceptors (Lipinski definition) is 5. The van der Waals surface area contributed by atoms with E-state index in [-0.39, 0.29) is 11.9 Å².